The molecule has 2 amide bonds. The van der Waals surface area contributed by atoms with Crippen molar-refractivity contribution in [1.82, 2.24) is 9.80 Å². The lowest BCUT2D eigenvalue weighted by atomic mass is 9.68. The summed E-state index contributed by atoms with van der Waals surface area (Å²) in [5, 5.41) is 10.7. The molecule has 3 rings (SSSR count). The predicted octanol–water partition coefficient (Wildman–Crippen LogP) is 1.58. The summed E-state index contributed by atoms with van der Waals surface area (Å²) in [6.45, 7) is 2.75. The molecular formula is C18H24N2O3. The number of piperidine rings is 2. The Morgan fingerprint density at radius 2 is 1.83 bits per heavy atom. The summed E-state index contributed by atoms with van der Waals surface area (Å²) in [5.74, 6) is 0.152. The van der Waals surface area contributed by atoms with E-state index >= 15 is 0 Å². The van der Waals surface area contributed by atoms with Crippen molar-refractivity contribution in [3.8, 4) is 0 Å². The summed E-state index contributed by atoms with van der Waals surface area (Å²) in [6, 6.07) is 9.40. The molecular weight excluding hydrogens is 292 g/mol. The van der Waals surface area contributed by atoms with Gasteiger partial charge in [0.05, 0.1) is 17.6 Å². The fraction of sp³-hybridized carbons (Fsp3) is 0.556. The zero-order valence-electron chi connectivity index (χ0n) is 13.7. The van der Waals surface area contributed by atoms with Gasteiger partial charge in [-0.1, -0.05) is 30.3 Å². The fourth-order valence-corrected chi connectivity index (χ4v) is 4.12. The summed E-state index contributed by atoms with van der Waals surface area (Å²) >= 11 is 0. The molecule has 2 fully saturated rings. The van der Waals surface area contributed by atoms with Crippen molar-refractivity contribution in [1.29, 1.82) is 0 Å². The zero-order valence-corrected chi connectivity index (χ0v) is 13.7. The Morgan fingerprint density at radius 3 is 2.39 bits per heavy atom. The number of carbonyl (C=O) groups is 2. The molecule has 0 bridgehead atoms. The van der Waals surface area contributed by atoms with Crippen molar-refractivity contribution in [3.63, 3.8) is 0 Å². The van der Waals surface area contributed by atoms with Crippen LogP contribution in [0.1, 0.15) is 37.8 Å². The first-order chi connectivity index (χ1) is 10.9. The second-order valence-electron chi connectivity index (χ2n) is 6.83. The number of hydrogen-bond donors (Lipinski definition) is 1. The average Bonchev–Trinajstić information content (AvgIpc) is 2.54. The molecule has 2 aliphatic rings. The molecule has 0 unspecified atom stereocenters. The quantitative estimate of drug-likeness (QED) is 0.856. The Balaban J connectivity index is 1.81. The number of benzene rings is 1. The van der Waals surface area contributed by atoms with Crippen LogP contribution in [0, 0.1) is 5.41 Å². The highest BCUT2D eigenvalue weighted by Gasteiger charge is 2.51. The van der Waals surface area contributed by atoms with Crippen LogP contribution >= 0.6 is 0 Å². The van der Waals surface area contributed by atoms with Gasteiger partial charge in [-0.05, 0) is 24.8 Å². The molecule has 124 valence electrons. The molecule has 2 saturated heterocycles. The molecule has 0 radical (unpaired) electrons. The molecule has 2 atom stereocenters. The minimum Gasteiger partial charge on any atom is -0.391 e. The molecule has 0 aliphatic carbocycles. The van der Waals surface area contributed by atoms with Gasteiger partial charge in [-0.25, -0.2) is 0 Å². The molecule has 2 aliphatic heterocycles. The van der Waals surface area contributed by atoms with Gasteiger partial charge in [0.2, 0.25) is 11.8 Å². The van der Waals surface area contributed by atoms with Crippen molar-refractivity contribution in [3.05, 3.63) is 35.9 Å². The smallest absolute Gasteiger partial charge is 0.229 e. The number of hydrogen-bond acceptors (Lipinski definition) is 3. The Bertz CT molecular complexity index is 594. The average molecular weight is 316 g/mol. The molecule has 23 heavy (non-hydrogen) atoms. The van der Waals surface area contributed by atoms with E-state index in [9.17, 15) is 14.7 Å². The van der Waals surface area contributed by atoms with Gasteiger partial charge in [0.15, 0.2) is 0 Å². The second kappa shape index (κ2) is 5.96. The van der Waals surface area contributed by atoms with Crippen LogP contribution in [0.2, 0.25) is 0 Å². The van der Waals surface area contributed by atoms with E-state index in [2.05, 4.69) is 0 Å². The van der Waals surface area contributed by atoms with Crippen LogP contribution in [0.3, 0.4) is 0 Å². The lowest BCUT2D eigenvalue weighted by Gasteiger charge is -2.50. The van der Waals surface area contributed by atoms with E-state index in [-0.39, 0.29) is 17.9 Å². The van der Waals surface area contributed by atoms with Gasteiger partial charge in [0, 0.05) is 27.1 Å². The number of aliphatic hydroxyl groups excluding tert-OH is 1. The maximum Gasteiger partial charge on any atom is 0.229 e. The first-order valence-electron chi connectivity index (χ1n) is 8.20. The topological polar surface area (TPSA) is 60.9 Å². The zero-order chi connectivity index (χ0) is 16.6. The van der Waals surface area contributed by atoms with Crippen LogP contribution in [0.4, 0.5) is 0 Å². The highest BCUT2D eigenvalue weighted by Crippen LogP contribution is 2.46. The van der Waals surface area contributed by atoms with Crippen molar-refractivity contribution in [2.45, 2.75) is 38.3 Å². The number of rotatable bonds is 1. The van der Waals surface area contributed by atoms with Gasteiger partial charge in [0.1, 0.15) is 0 Å². The number of nitrogens with zero attached hydrogens (tertiary/aromatic N) is 2. The molecule has 0 aromatic heterocycles. The van der Waals surface area contributed by atoms with E-state index in [0.717, 1.165) is 5.56 Å². The Morgan fingerprint density at radius 1 is 1.22 bits per heavy atom. The van der Waals surface area contributed by atoms with E-state index in [4.69, 9.17) is 0 Å². The monoisotopic (exact) mass is 316 g/mol. The van der Waals surface area contributed by atoms with Crippen LogP contribution in [0.15, 0.2) is 30.3 Å². The molecule has 1 N–H and O–H groups in total. The van der Waals surface area contributed by atoms with Crippen molar-refractivity contribution in [2.24, 2.45) is 5.41 Å². The summed E-state index contributed by atoms with van der Waals surface area (Å²) in [5.41, 5.74) is 0.442. The lowest BCUT2D eigenvalue weighted by molar-refractivity contribution is -0.163. The Kier molecular flexibility index (Phi) is 4.15. The molecule has 0 saturated carbocycles. The Hall–Kier alpha value is -1.88. The van der Waals surface area contributed by atoms with Gasteiger partial charge in [0.25, 0.3) is 0 Å². The van der Waals surface area contributed by atoms with Crippen LogP contribution in [0.5, 0.6) is 0 Å². The highest BCUT2D eigenvalue weighted by molar-refractivity contribution is 5.84. The minimum absolute atomic E-state index is 0.0548. The summed E-state index contributed by atoms with van der Waals surface area (Å²) in [6.07, 6.45) is 1.16. The van der Waals surface area contributed by atoms with Gasteiger partial charge in [-0.15, -0.1) is 0 Å². The third-order valence-corrected chi connectivity index (χ3v) is 5.46. The number of amides is 2. The third kappa shape index (κ3) is 2.74. The first kappa shape index (κ1) is 16.0. The first-order valence-corrected chi connectivity index (χ1v) is 8.20. The van der Waals surface area contributed by atoms with Crippen molar-refractivity contribution < 1.29 is 14.7 Å². The molecule has 2 heterocycles. The van der Waals surface area contributed by atoms with Gasteiger partial charge >= 0.3 is 0 Å². The SMILES string of the molecule is CC(=O)N1CCC2(CC1)C[C@@H](O)[C@H](c1ccccc1)N(C)C2=O. The van der Waals surface area contributed by atoms with E-state index in [0.29, 0.717) is 32.4 Å². The number of aliphatic hydroxyl groups is 1. The molecule has 1 aromatic carbocycles. The summed E-state index contributed by atoms with van der Waals surface area (Å²) < 4.78 is 0. The van der Waals surface area contributed by atoms with Crippen LogP contribution in [-0.4, -0.2) is 53.0 Å². The molecule has 5 heteroatoms. The Labute approximate surface area is 136 Å². The minimum atomic E-state index is -0.580. The van der Waals surface area contributed by atoms with Crippen molar-refractivity contribution in [2.75, 3.05) is 20.1 Å². The normalized spacial score (nSPS) is 27.3. The van der Waals surface area contributed by atoms with E-state index < -0.39 is 11.5 Å². The lowest BCUT2D eigenvalue weighted by Crippen LogP contribution is -2.57. The van der Waals surface area contributed by atoms with Crippen LogP contribution < -0.4 is 0 Å². The number of likely N-dealkylation sites (tertiary alicyclic amines) is 2. The highest BCUT2D eigenvalue weighted by atomic mass is 16.3. The van der Waals surface area contributed by atoms with Gasteiger partial charge < -0.3 is 14.9 Å². The maximum atomic E-state index is 13.0. The third-order valence-electron chi connectivity index (χ3n) is 5.46. The summed E-state index contributed by atoms with van der Waals surface area (Å²) in [4.78, 5) is 28.0. The number of likely N-dealkylation sites (N-methyl/N-ethyl adjacent to an activating group) is 1. The standard InChI is InChI=1S/C18H24N2O3/c1-13(21)20-10-8-18(9-11-20)12-15(22)16(19(2)17(18)23)14-6-4-3-5-7-14/h3-7,15-16,22H,8-12H2,1-2H3/t15-,16+/m1/s1. The maximum absolute atomic E-state index is 13.0. The second-order valence-corrected chi connectivity index (χ2v) is 6.83. The van der Waals surface area contributed by atoms with Crippen molar-refractivity contribution >= 4 is 11.8 Å². The predicted molar refractivity (Wildman–Crippen MR) is 86.5 cm³/mol. The van der Waals surface area contributed by atoms with Gasteiger partial charge in [-0.3, -0.25) is 9.59 Å². The summed E-state index contributed by atoms with van der Waals surface area (Å²) in [7, 11) is 1.78. The number of carbonyl (C=O) groups excluding carboxylic acids is 2. The van der Waals surface area contributed by atoms with Crippen LogP contribution in [-0.2, 0) is 9.59 Å². The largest absolute Gasteiger partial charge is 0.391 e. The van der Waals surface area contributed by atoms with Gasteiger partial charge in [-0.2, -0.15) is 0 Å². The van der Waals surface area contributed by atoms with E-state index in [1.54, 1.807) is 23.8 Å². The van der Waals surface area contributed by atoms with Crippen LogP contribution in [0.25, 0.3) is 0 Å². The van der Waals surface area contributed by atoms with E-state index in [1.807, 2.05) is 30.3 Å². The van der Waals surface area contributed by atoms with E-state index in [1.165, 1.54) is 0 Å². The molecule has 1 aromatic rings. The molecule has 1 spiro atoms. The molecule has 5 nitrogen and oxygen atoms in total. The fourth-order valence-electron chi connectivity index (χ4n) is 4.12.